The van der Waals surface area contributed by atoms with Gasteiger partial charge >= 0.3 is 0 Å². The Labute approximate surface area is 199 Å². The van der Waals surface area contributed by atoms with Crippen molar-refractivity contribution >= 4 is 11.4 Å². The first-order chi connectivity index (χ1) is 16.6. The fourth-order valence-corrected chi connectivity index (χ4v) is 3.78. The number of hydrogen-bond donors (Lipinski definition) is 2. The van der Waals surface area contributed by atoms with E-state index in [0.717, 1.165) is 45.3 Å². The minimum absolute atomic E-state index is 0.706. The lowest BCUT2D eigenvalue weighted by molar-refractivity contribution is 0.482. The third-order valence-corrected chi connectivity index (χ3v) is 5.45. The van der Waals surface area contributed by atoms with Gasteiger partial charge in [-0.05, 0) is 95.1 Å². The molecule has 0 bridgehead atoms. The molecule has 0 radical (unpaired) electrons. The van der Waals surface area contributed by atoms with Crippen LogP contribution in [0.15, 0.2) is 121 Å². The van der Waals surface area contributed by atoms with Gasteiger partial charge in [0.1, 0.15) is 23.0 Å². The van der Waals surface area contributed by atoms with Crippen LogP contribution in [0.25, 0.3) is 22.3 Å². The first-order valence-corrected chi connectivity index (χ1v) is 11.0. The number of nitrogen functional groups attached to an aromatic ring is 2. The smallest absolute Gasteiger partial charge is 0.128 e. The van der Waals surface area contributed by atoms with E-state index in [1.807, 2.05) is 97.1 Å². The van der Waals surface area contributed by atoms with E-state index in [4.69, 9.17) is 20.9 Å². The van der Waals surface area contributed by atoms with E-state index in [9.17, 15) is 0 Å². The van der Waals surface area contributed by atoms with Gasteiger partial charge in [0.25, 0.3) is 0 Å². The van der Waals surface area contributed by atoms with Crippen LogP contribution in [-0.4, -0.2) is 0 Å². The Bertz CT molecular complexity index is 1300. The number of benzene rings is 5. The normalized spacial score (nSPS) is 10.6. The Morgan fingerprint density at radius 2 is 0.794 bits per heavy atom. The zero-order valence-electron chi connectivity index (χ0n) is 18.5. The molecule has 34 heavy (non-hydrogen) atoms. The first kappa shape index (κ1) is 21.2. The van der Waals surface area contributed by atoms with Gasteiger partial charge < -0.3 is 20.9 Å². The lowest BCUT2D eigenvalue weighted by Gasteiger charge is -2.13. The Balaban J connectivity index is 1.45. The Kier molecular flexibility index (Phi) is 5.87. The molecular weight excluding hydrogens is 420 g/mol. The molecule has 4 N–H and O–H groups in total. The summed E-state index contributed by atoms with van der Waals surface area (Å²) in [6, 6.07) is 39.2. The van der Waals surface area contributed by atoms with Crippen LogP contribution in [0.3, 0.4) is 0 Å². The summed E-state index contributed by atoms with van der Waals surface area (Å²) < 4.78 is 12.1. The van der Waals surface area contributed by atoms with Crippen molar-refractivity contribution in [2.75, 3.05) is 11.5 Å². The minimum Gasteiger partial charge on any atom is -0.457 e. The molecule has 5 aromatic rings. The monoisotopic (exact) mass is 444 g/mol. The lowest BCUT2D eigenvalue weighted by atomic mass is 9.94. The average molecular weight is 445 g/mol. The number of anilines is 2. The predicted octanol–water partition coefficient (Wildman–Crippen LogP) is 7.77. The average Bonchev–Trinajstić information content (AvgIpc) is 2.87. The Hall–Kier alpha value is -4.70. The molecule has 0 amide bonds. The molecule has 4 nitrogen and oxygen atoms in total. The lowest BCUT2D eigenvalue weighted by Crippen LogP contribution is -1.90. The zero-order chi connectivity index (χ0) is 23.3. The van der Waals surface area contributed by atoms with Crippen LogP contribution in [0.4, 0.5) is 11.4 Å². The van der Waals surface area contributed by atoms with Crippen molar-refractivity contribution < 1.29 is 9.47 Å². The Morgan fingerprint density at radius 1 is 0.382 bits per heavy atom. The van der Waals surface area contributed by atoms with Gasteiger partial charge in [0.15, 0.2) is 0 Å². The molecule has 0 saturated carbocycles. The van der Waals surface area contributed by atoms with Crippen LogP contribution < -0.4 is 20.9 Å². The standard InChI is InChI=1S/C30H24N2O2/c31-23-11-15-25(16-12-23)33-27-7-3-5-21(19-27)29-9-1-2-10-30(29)22-6-4-8-28(20-22)34-26-17-13-24(32)14-18-26/h1-20H,31-32H2. The predicted molar refractivity (Wildman–Crippen MR) is 139 cm³/mol. The summed E-state index contributed by atoms with van der Waals surface area (Å²) in [5, 5.41) is 0. The van der Waals surface area contributed by atoms with Crippen LogP contribution in [-0.2, 0) is 0 Å². The van der Waals surface area contributed by atoms with Crippen LogP contribution in [0.2, 0.25) is 0 Å². The molecule has 0 heterocycles. The fraction of sp³-hybridized carbons (Fsp3) is 0. The molecule has 0 aliphatic heterocycles. The highest BCUT2D eigenvalue weighted by molar-refractivity contribution is 5.84. The van der Waals surface area contributed by atoms with Crippen molar-refractivity contribution in [3.8, 4) is 45.3 Å². The van der Waals surface area contributed by atoms with Gasteiger partial charge in [0, 0.05) is 11.4 Å². The van der Waals surface area contributed by atoms with Gasteiger partial charge in [0.05, 0.1) is 0 Å². The van der Waals surface area contributed by atoms with E-state index in [1.165, 1.54) is 0 Å². The van der Waals surface area contributed by atoms with Crippen LogP contribution in [0, 0.1) is 0 Å². The molecule has 0 spiro atoms. The fourth-order valence-electron chi connectivity index (χ4n) is 3.78. The van der Waals surface area contributed by atoms with E-state index in [1.54, 1.807) is 0 Å². The number of hydrogen-bond acceptors (Lipinski definition) is 4. The van der Waals surface area contributed by atoms with Gasteiger partial charge in [-0.15, -0.1) is 0 Å². The summed E-state index contributed by atoms with van der Waals surface area (Å²) >= 11 is 0. The van der Waals surface area contributed by atoms with E-state index in [-0.39, 0.29) is 0 Å². The van der Waals surface area contributed by atoms with E-state index >= 15 is 0 Å². The molecule has 5 aromatic carbocycles. The summed E-state index contributed by atoms with van der Waals surface area (Å²) in [6.07, 6.45) is 0. The molecule has 0 saturated heterocycles. The van der Waals surface area contributed by atoms with Gasteiger partial charge in [-0.1, -0.05) is 48.5 Å². The van der Waals surface area contributed by atoms with E-state index < -0.39 is 0 Å². The van der Waals surface area contributed by atoms with Crippen LogP contribution in [0.5, 0.6) is 23.0 Å². The zero-order valence-corrected chi connectivity index (χ0v) is 18.5. The third kappa shape index (κ3) is 4.87. The number of nitrogens with two attached hydrogens (primary N) is 2. The molecule has 0 aliphatic rings. The highest BCUT2D eigenvalue weighted by Gasteiger charge is 2.10. The van der Waals surface area contributed by atoms with Crippen LogP contribution >= 0.6 is 0 Å². The number of rotatable bonds is 6. The van der Waals surface area contributed by atoms with Crippen molar-refractivity contribution in [2.45, 2.75) is 0 Å². The second-order valence-electron chi connectivity index (χ2n) is 7.94. The number of ether oxygens (including phenoxy) is 2. The van der Waals surface area contributed by atoms with Crippen molar-refractivity contribution in [1.82, 2.24) is 0 Å². The summed E-state index contributed by atoms with van der Waals surface area (Å²) in [7, 11) is 0. The van der Waals surface area contributed by atoms with Crippen molar-refractivity contribution in [2.24, 2.45) is 0 Å². The summed E-state index contributed by atoms with van der Waals surface area (Å²) in [6.45, 7) is 0. The summed E-state index contributed by atoms with van der Waals surface area (Å²) in [5.41, 5.74) is 17.3. The SMILES string of the molecule is Nc1ccc(Oc2cccc(-c3ccccc3-c3cccc(Oc4ccc(N)cc4)c3)c2)cc1. The van der Waals surface area contributed by atoms with Gasteiger partial charge in [-0.3, -0.25) is 0 Å². The van der Waals surface area contributed by atoms with Crippen molar-refractivity contribution in [3.05, 3.63) is 121 Å². The molecule has 0 aromatic heterocycles. The van der Waals surface area contributed by atoms with Crippen molar-refractivity contribution in [1.29, 1.82) is 0 Å². The highest BCUT2D eigenvalue weighted by Crippen LogP contribution is 2.36. The largest absolute Gasteiger partial charge is 0.457 e. The minimum atomic E-state index is 0.706. The molecule has 0 aliphatic carbocycles. The molecule has 0 atom stereocenters. The molecular formula is C30H24N2O2. The molecule has 166 valence electrons. The molecule has 4 heteroatoms. The second-order valence-corrected chi connectivity index (χ2v) is 7.94. The summed E-state index contributed by atoms with van der Waals surface area (Å²) in [5.74, 6) is 3.01. The maximum atomic E-state index is 6.05. The second kappa shape index (κ2) is 9.43. The maximum absolute atomic E-state index is 6.05. The quantitative estimate of drug-likeness (QED) is 0.262. The first-order valence-electron chi connectivity index (χ1n) is 11.0. The summed E-state index contributed by atoms with van der Waals surface area (Å²) in [4.78, 5) is 0. The van der Waals surface area contributed by atoms with Gasteiger partial charge in [-0.25, -0.2) is 0 Å². The van der Waals surface area contributed by atoms with Crippen LogP contribution in [0.1, 0.15) is 0 Å². The molecule has 0 fully saturated rings. The van der Waals surface area contributed by atoms with E-state index in [0.29, 0.717) is 11.4 Å². The maximum Gasteiger partial charge on any atom is 0.128 e. The highest BCUT2D eigenvalue weighted by atomic mass is 16.5. The Morgan fingerprint density at radius 3 is 1.21 bits per heavy atom. The third-order valence-electron chi connectivity index (χ3n) is 5.45. The topological polar surface area (TPSA) is 70.5 Å². The van der Waals surface area contributed by atoms with Gasteiger partial charge in [-0.2, -0.15) is 0 Å². The van der Waals surface area contributed by atoms with Crippen molar-refractivity contribution in [3.63, 3.8) is 0 Å². The molecule has 5 rings (SSSR count). The molecule has 0 unspecified atom stereocenters. The van der Waals surface area contributed by atoms with E-state index in [2.05, 4.69) is 24.3 Å². The van der Waals surface area contributed by atoms with Gasteiger partial charge in [0.2, 0.25) is 0 Å².